The van der Waals surface area contributed by atoms with Crippen LogP contribution in [0, 0.1) is 0 Å². The van der Waals surface area contributed by atoms with E-state index in [0.717, 1.165) is 0 Å². The molecule has 2 aromatic carbocycles. The Morgan fingerprint density at radius 2 is 1.63 bits per heavy atom. The summed E-state index contributed by atoms with van der Waals surface area (Å²) in [6, 6.07) is 14.3. The quantitative estimate of drug-likeness (QED) is 0.639. The largest absolute Gasteiger partial charge is 0.497 e. The van der Waals surface area contributed by atoms with Gasteiger partial charge in [-0.2, -0.15) is 0 Å². The number of carbonyl (C=O) groups excluding carboxylic acids is 2. The maximum Gasteiger partial charge on any atom is 0.278 e. The predicted molar refractivity (Wildman–Crippen MR) is 114 cm³/mol. The minimum Gasteiger partial charge on any atom is -0.497 e. The van der Waals surface area contributed by atoms with Crippen LogP contribution in [0.3, 0.4) is 0 Å². The average Bonchev–Trinajstić information content (AvgIpc) is 2.98. The summed E-state index contributed by atoms with van der Waals surface area (Å²) in [5.41, 5.74) is 1.71. The molecule has 0 fully saturated rings. The van der Waals surface area contributed by atoms with Gasteiger partial charge in [0.15, 0.2) is 0 Å². The van der Waals surface area contributed by atoms with Gasteiger partial charge in [0.2, 0.25) is 0 Å². The lowest BCUT2D eigenvalue weighted by Gasteiger charge is -2.16. The van der Waals surface area contributed by atoms with Crippen LogP contribution in [0.5, 0.6) is 11.5 Å². The van der Waals surface area contributed by atoms with Crippen LogP contribution in [-0.4, -0.2) is 50.2 Å². The summed E-state index contributed by atoms with van der Waals surface area (Å²) < 4.78 is 16.2. The van der Waals surface area contributed by atoms with E-state index in [9.17, 15) is 9.59 Å². The van der Waals surface area contributed by atoms with Crippen LogP contribution in [0.2, 0.25) is 0 Å². The summed E-state index contributed by atoms with van der Waals surface area (Å²) in [5.74, 6) is 0.431. The highest BCUT2D eigenvalue weighted by Crippen LogP contribution is 2.35. The lowest BCUT2D eigenvalue weighted by molar-refractivity contribution is -0.137. The van der Waals surface area contributed by atoms with Gasteiger partial charge in [-0.3, -0.25) is 14.5 Å². The van der Waals surface area contributed by atoms with Gasteiger partial charge in [-0.05, 0) is 44.2 Å². The second kappa shape index (κ2) is 9.45. The predicted octanol–water partition coefficient (Wildman–Crippen LogP) is 3.32. The summed E-state index contributed by atoms with van der Waals surface area (Å²) in [7, 11) is 3.12. The summed E-state index contributed by atoms with van der Waals surface area (Å²) in [4.78, 5) is 27.6. The minimum atomic E-state index is -0.399. The zero-order valence-corrected chi connectivity index (χ0v) is 17.6. The number of ether oxygens (including phenoxy) is 3. The first kappa shape index (κ1) is 21.4. The smallest absolute Gasteiger partial charge is 0.278 e. The van der Waals surface area contributed by atoms with E-state index < -0.39 is 5.91 Å². The Bertz CT molecular complexity index is 950. The fraction of sp³-hybridized carbons (Fsp3) is 0.304. The van der Waals surface area contributed by atoms with Crippen molar-refractivity contribution in [1.29, 1.82) is 0 Å². The van der Waals surface area contributed by atoms with Crippen molar-refractivity contribution >= 4 is 23.1 Å². The molecule has 0 saturated heterocycles. The lowest BCUT2D eigenvalue weighted by Crippen LogP contribution is -2.35. The SMILES string of the molecule is COc1ccc(NC2=C(c3ccccc3OC)C(=O)N(CCOC(C)C)C2=O)cc1. The van der Waals surface area contributed by atoms with Crippen molar-refractivity contribution in [2.75, 3.05) is 32.7 Å². The van der Waals surface area contributed by atoms with Crippen molar-refractivity contribution in [3.63, 3.8) is 0 Å². The van der Waals surface area contributed by atoms with Gasteiger partial charge in [0.1, 0.15) is 17.2 Å². The van der Waals surface area contributed by atoms with Gasteiger partial charge in [-0.15, -0.1) is 0 Å². The molecular weight excluding hydrogens is 384 g/mol. The molecule has 7 heteroatoms. The molecule has 7 nitrogen and oxygen atoms in total. The van der Waals surface area contributed by atoms with Crippen LogP contribution in [0.4, 0.5) is 5.69 Å². The van der Waals surface area contributed by atoms with Gasteiger partial charge in [-0.25, -0.2) is 0 Å². The van der Waals surface area contributed by atoms with E-state index in [0.29, 0.717) is 22.7 Å². The Morgan fingerprint density at radius 3 is 2.27 bits per heavy atom. The fourth-order valence-corrected chi connectivity index (χ4v) is 3.19. The Morgan fingerprint density at radius 1 is 0.933 bits per heavy atom. The Kier molecular flexibility index (Phi) is 6.74. The summed E-state index contributed by atoms with van der Waals surface area (Å²) in [6.45, 7) is 4.25. The van der Waals surface area contributed by atoms with E-state index in [4.69, 9.17) is 14.2 Å². The van der Waals surface area contributed by atoms with Crippen LogP contribution in [0.1, 0.15) is 19.4 Å². The molecule has 30 heavy (non-hydrogen) atoms. The Balaban J connectivity index is 1.99. The van der Waals surface area contributed by atoms with Crippen LogP contribution in [-0.2, 0) is 14.3 Å². The van der Waals surface area contributed by atoms with Crippen molar-refractivity contribution in [2.45, 2.75) is 20.0 Å². The molecule has 0 spiro atoms. The molecule has 0 radical (unpaired) electrons. The van der Waals surface area contributed by atoms with Crippen LogP contribution < -0.4 is 14.8 Å². The molecular formula is C23H26N2O5. The topological polar surface area (TPSA) is 77.1 Å². The number of hydrogen-bond donors (Lipinski definition) is 1. The first-order valence-corrected chi connectivity index (χ1v) is 9.72. The molecule has 0 aliphatic carbocycles. The minimum absolute atomic E-state index is 0.0105. The number of hydrogen-bond acceptors (Lipinski definition) is 6. The summed E-state index contributed by atoms with van der Waals surface area (Å²) in [6.07, 6.45) is 0.0105. The molecule has 158 valence electrons. The molecule has 1 aliphatic heterocycles. The third kappa shape index (κ3) is 4.46. The number of benzene rings is 2. The molecule has 1 heterocycles. The zero-order chi connectivity index (χ0) is 21.7. The Labute approximate surface area is 176 Å². The number of nitrogens with zero attached hydrogens (tertiary/aromatic N) is 1. The molecule has 2 aromatic rings. The van der Waals surface area contributed by atoms with Gasteiger partial charge >= 0.3 is 0 Å². The highest BCUT2D eigenvalue weighted by atomic mass is 16.5. The molecule has 0 atom stereocenters. The third-order valence-corrected chi connectivity index (χ3v) is 4.67. The maximum atomic E-state index is 13.2. The maximum absolute atomic E-state index is 13.2. The molecule has 2 amide bonds. The van der Waals surface area contributed by atoms with Gasteiger partial charge in [-0.1, -0.05) is 18.2 Å². The van der Waals surface area contributed by atoms with E-state index in [1.165, 1.54) is 12.0 Å². The van der Waals surface area contributed by atoms with E-state index in [2.05, 4.69) is 5.32 Å². The second-order valence-corrected chi connectivity index (χ2v) is 6.99. The van der Waals surface area contributed by atoms with Crippen molar-refractivity contribution < 1.29 is 23.8 Å². The Hall–Kier alpha value is -3.32. The van der Waals surface area contributed by atoms with Crippen molar-refractivity contribution in [1.82, 2.24) is 4.90 Å². The first-order valence-electron chi connectivity index (χ1n) is 9.72. The van der Waals surface area contributed by atoms with Crippen molar-refractivity contribution in [3.05, 3.63) is 59.8 Å². The molecule has 0 aromatic heterocycles. The second-order valence-electron chi connectivity index (χ2n) is 6.99. The van der Waals surface area contributed by atoms with Crippen molar-refractivity contribution in [3.8, 4) is 11.5 Å². The standard InChI is InChI=1S/C23H26N2O5/c1-15(2)30-14-13-25-22(26)20(18-7-5-6-8-19(18)29-4)21(23(25)27)24-16-9-11-17(28-3)12-10-16/h5-12,15,24H,13-14H2,1-4H3. The number of imide groups is 1. The monoisotopic (exact) mass is 410 g/mol. The molecule has 3 rings (SSSR count). The molecule has 0 saturated carbocycles. The van der Waals surface area contributed by atoms with Gasteiger partial charge in [0.25, 0.3) is 11.8 Å². The number of carbonyl (C=O) groups is 2. The van der Waals surface area contributed by atoms with E-state index in [1.54, 1.807) is 49.6 Å². The van der Waals surface area contributed by atoms with E-state index in [-0.39, 0.29) is 36.4 Å². The number of methoxy groups -OCH3 is 2. The third-order valence-electron chi connectivity index (χ3n) is 4.67. The van der Waals surface area contributed by atoms with Gasteiger partial charge in [0.05, 0.1) is 39.0 Å². The molecule has 0 unspecified atom stereocenters. The molecule has 0 bridgehead atoms. The van der Waals surface area contributed by atoms with Crippen LogP contribution in [0.25, 0.3) is 5.57 Å². The van der Waals surface area contributed by atoms with Crippen LogP contribution >= 0.6 is 0 Å². The van der Waals surface area contributed by atoms with Gasteiger partial charge in [0, 0.05) is 11.3 Å². The first-order chi connectivity index (χ1) is 14.5. The zero-order valence-electron chi connectivity index (χ0n) is 17.6. The van der Waals surface area contributed by atoms with Crippen molar-refractivity contribution in [2.24, 2.45) is 0 Å². The summed E-state index contributed by atoms with van der Waals surface area (Å²) >= 11 is 0. The number of rotatable bonds is 9. The van der Waals surface area contributed by atoms with E-state index >= 15 is 0 Å². The fourth-order valence-electron chi connectivity index (χ4n) is 3.19. The average molecular weight is 410 g/mol. The van der Waals surface area contributed by atoms with Crippen LogP contribution in [0.15, 0.2) is 54.2 Å². The number of amides is 2. The highest BCUT2D eigenvalue weighted by molar-refractivity contribution is 6.37. The van der Waals surface area contributed by atoms with E-state index in [1.807, 2.05) is 19.9 Å². The lowest BCUT2D eigenvalue weighted by atomic mass is 10.0. The van der Waals surface area contributed by atoms with Gasteiger partial charge < -0.3 is 19.5 Å². The molecule has 1 aliphatic rings. The summed E-state index contributed by atoms with van der Waals surface area (Å²) in [5, 5.41) is 3.12. The molecule has 1 N–H and O–H groups in total. The number of para-hydroxylation sites is 1. The normalized spacial score (nSPS) is 14.0. The number of anilines is 1. The number of nitrogens with one attached hydrogen (secondary N) is 1. The highest BCUT2D eigenvalue weighted by Gasteiger charge is 2.40.